The molecule has 0 aliphatic carbocycles. The zero-order valence-corrected chi connectivity index (χ0v) is 11.1. The summed E-state index contributed by atoms with van der Waals surface area (Å²) in [6, 6.07) is 0. The van der Waals surface area contributed by atoms with E-state index >= 15 is 0 Å². The minimum absolute atomic E-state index is 0.305. The van der Waals surface area contributed by atoms with Gasteiger partial charge in [0.15, 0.2) is 0 Å². The smallest absolute Gasteiger partial charge is 0.222 e. The average Bonchev–Trinajstić information content (AvgIpc) is 2.32. The molecule has 0 saturated carbocycles. The van der Waals surface area contributed by atoms with Gasteiger partial charge >= 0.3 is 0 Å². The Bertz CT molecular complexity index is 241. The zero-order valence-electron chi connectivity index (χ0n) is 10.3. The first-order chi connectivity index (χ1) is 8.36. The van der Waals surface area contributed by atoms with E-state index in [4.69, 9.17) is 4.74 Å². The number of nitrogens with zero attached hydrogens (tertiary/aromatic N) is 1. The number of hydrogen-bond donors (Lipinski definition) is 1. The summed E-state index contributed by atoms with van der Waals surface area (Å²) < 4.78 is 5.23. The minimum atomic E-state index is 0.305. The molecule has 1 N–H and O–H groups in total. The van der Waals surface area contributed by atoms with Crippen molar-refractivity contribution >= 4 is 17.7 Å². The van der Waals surface area contributed by atoms with Gasteiger partial charge in [-0.25, -0.2) is 0 Å². The summed E-state index contributed by atoms with van der Waals surface area (Å²) in [6.07, 6.45) is 1.72. The van der Waals surface area contributed by atoms with Crippen molar-refractivity contribution < 1.29 is 9.53 Å². The molecule has 98 valence electrons. The zero-order chi connectivity index (χ0) is 11.9. The van der Waals surface area contributed by atoms with E-state index in [0.29, 0.717) is 25.5 Å². The van der Waals surface area contributed by atoms with Crippen molar-refractivity contribution in [3.05, 3.63) is 0 Å². The van der Waals surface area contributed by atoms with Crippen molar-refractivity contribution in [1.82, 2.24) is 10.2 Å². The van der Waals surface area contributed by atoms with E-state index in [9.17, 15) is 4.79 Å². The van der Waals surface area contributed by atoms with Crippen LogP contribution in [0.5, 0.6) is 0 Å². The SMILES string of the molecule is O=C(CCCSCC1CNC1)N1CCOCC1. The molecule has 5 heteroatoms. The van der Waals surface area contributed by atoms with E-state index in [1.807, 2.05) is 16.7 Å². The van der Waals surface area contributed by atoms with Gasteiger partial charge in [-0.3, -0.25) is 4.79 Å². The Kier molecular flexibility index (Phi) is 5.61. The van der Waals surface area contributed by atoms with Crippen molar-refractivity contribution in [2.75, 3.05) is 50.9 Å². The average molecular weight is 258 g/mol. The van der Waals surface area contributed by atoms with Gasteiger partial charge in [-0.05, 0) is 36.9 Å². The van der Waals surface area contributed by atoms with E-state index < -0.39 is 0 Å². The number of nitrogens with one attached hydrogen (secondary N) is 1. The molecule has 0 aromatic carbocycles. The topological polar surface area (TPSA) is 41.6 Å². The van der Waals surface area contributed by atoms with E-state index in [1.165, 1.54) is 18.8 Å². The number of ether oxygens (including phenoxy) is 1. The molecule has 2 fully saturated rings. The van der Waals surface area contributed by atoms with Gasteiger partial charge in [0, 0.05) is 19.5 Å². The maximum absolute atomic E-state index is 11.8. The van der Waals surface area contributed by atoms with Crippen molar-refractivity contribution in [1.29, 1.82) is 0 Å². The fourth-order valence-corrected chi connectivity index (χ4v) is 3.10. The van der Waals surface area contributed by atoms with Crippen LogP contribution in [0.25, 0.3) is 0 Å². The Morgan fingerprint density at radius 3 is 2.76 bits per heavy atom. The molecule has 2 heterocycles. The minimum Gasteiger partial charge on any atom is -0.378 e. The van der Waals surface area contributed by atoms with Crippen LogP contribution in [-0.4, -0.2) is 61.7 Å². The first-order valence-electron chi connectivity index (χ1n) is 6.50. The normalized spacial score (nSPS) is 21.3. The second-order valence-electron chi connectivity index (χ2n) is 4.70. The summed E-state index contributed by atoms with van der Waals surface area (Å²) in [5.41, 5.74) is 0. The summed E-state index contributed by atoms with van der Waals surface area (Å²) >= 11 is 1.99. The maximum Gasteiger partial charge on any atom is 0.222 e. The lowest BCUT2D eigenvalue weighted by Crippen LogP contribution is -2.43. The first-order valence-corrected chi connectivity index (χ1v) is 7.65. The van der Waals surface area contributed by atoms with Crippen molar-refractivity contribution in [2.45, 2.75) is 12.8 Å². The van der Waals surface area contributed by atoms with Crippen LogP contribution in [0.3, 0.4) is 0 Å². The second kappa shape index (κ2) is 7.24. The van der Waals surface area contributed by atoms with Gasteiger partial charge in [0.25, 0.3) is 0 Å². The molecule has 2 aliphatic rings. The van der Waals surface area contributed by atoms with Crippen LogP contribution in [0.15, 0.2) is 0 Å². The lowest BCUT2D eigenvalue weighted by atomic mass is 10.1. The van der Waals surface area contributed by atoms with E-state index in [1.54, 1.807) is 0 Å². The number of rotatable bonds is 6. The fourth-order valence-electron chi connectivity index (χ4n) is 2.01. The third-order valence-corrected chi connectivity index (χ3v) is 4.55. The Morgan fingerprint density at radius 2 is 2.12 bits per heavy atom. The lowest BCUT2D eigenvalue weighted by molar-refractivity contribution is -0.135. The predicted molar refractivity (Wildman–Crippen MR) is 70.3 cm³/mol. The highest BCUT2D eigenvalue weighted by molar-refractivity contribution is 7.99. The molecule has 2 saturated heterocycles. The molecule has 0 radical (unpaired) electrons. The summed E-state index contributed by atoms with van der Waals surface area (Å²) in [7, 11) is 0. The van der Waals surface area contributed by atoms with Gasteiger partial charge in [0.2, 0.25) is 5.91 Å². The Hall–Kier alpha value is -0.260. The number of carbonyl (C=O) groups is 1. The molecular weight excluding hydrogens is 236 g/mol. The summed E-state index contributed by atoms with van der Waals surface area (Å²) in [5, 5.41) is 3.28. The second-order valence-corrected chi connectivity index (χ2v) is 5.85. The van der Waals surface area contributed by atoms with Crippen LogP contribution in [0.4, 0.5) is 0 Å². The number of morpholine rings is 1. The van der Waals surface area contributed by atoms with Gasteiger partial charge in [-0.15, -0.1) is 0 Å². The molecule has 4 nitrogen and oxygen atoms in total. The van der Waals surface area contributed by atoms with Crippen LogP contribution in [0, 0.1) is 5.92 Å². The van der Waals surface area contributed by atoms with Crippen LogP contribution < -0.4 is 5.32 Å². The van der Waals surface area contributed by atoms with Gasteiger partial charge in [0.05, 0.1) is 13.2 Å². The third kappa shape index (κ3) is 4.48. The number of amides is 1. The number of carbonyl (C=O) groups excluding carboxylic acids is 1. The van der Waals surface area contributed by atoms with Gasteiger partial charge < -0.3 is 15.0 Å². The van der Waals surface area contributed by atoms with Crippen LogP contribution in [0.2, 0.25) is 0 Å². The molecule has 17 heavy (non-hydrogen) atoms. The van der Waals surface area contributed by atoms with Crippen LogP contribution in [0.1, 0.15) is 12.8 Å². The molecule has 0 bridgehead atoms. The first kappa shape index (κ1) is 13.2. The number of thioether (sulfide) groups is 1. The molecule has 0 spiro atoms. The molecule has 0 aromatic heterocycles. The van der Waals surface area contributed by atoms with Gasteiger partial charge in [0.1, 0.15) is 0 Å². The van der Waals surface area contributed by atoms with E-state index in [-0.39, 0.29) is 0 Å². The molecule has 0 unspecified atom stereocenters. The largest absolute Gasteiger partial charge is 0.378 e. The Labute approximate surface area is 107 Å². The highest BCUT2D eigenvalue weighted by Gasteiger charge is 2.17. The summed E-state index contributed by atoms with van der Waals surface area (Å²) in [6.45, 7) is 5.32. The fraction of sp³-hybridized carbons (Fsp3) is 0.917. The Morgan fingerprint density at radius 1 is 1.35 bits per heavy atom. The monoisotopic (exact) mass is 258 g/mol. The van der Waals surface area contributed by atoms with Gasteiger partial charge in [-0.1, -0.05) is 0 Å². The molecule has 0 aromatic rings. The molecule has 2 aliphatic heterocycles. The Balaban J connectivity index is 1.47. The summed E-state index contributed by atoms with van der Waals surface area (Å²) in [4.78, 5) is 13.7. The predicted octanol–water partition coefficient (Wildman–Crippen LogP) is 0.578. The molecular formula is C12H22N2O2S. The third-order valence-electron chi connectivity index (χ3n) is 3.26. The van der Waals surface area contributed by atoms with Crippen LogP contribution in [-0.2, 0) is 9.53 Å². The van der Waals surface area contributed by atoms with Crippen LogP contribution >= 0.6 is 11.8 Å². The van der Waals surface area contributed by atoms with Crippen molar-refractivity contribution in [2.24, 2.45) is 5.92 Å². The highest BCUT2D eigenvalue weighted by Crippen LogP contribution is 2.14. The summed E-state index contributed by atoms with van der Waals surface area (Å²) in [5.74, 6) is 3.54. The van der Waals surface area contributed by atoms with Crippen molar-refractivity contribution in [3.8, 4) is 0 Å². The lowest BCUT2D eigenvalue weighted by Gasteiger charge is -2.27. The molecule has 0 atom stereocenters. The standard InChI is InChI=1S/C12H22N2O2S/c15-12(14-3-5-16-6-4-14)2-1-7-17-10-11-8-13-9-11/h11,13H,1-10H2. The quantitative estimate of drug-likeness (QED) is 0.708. The number of hydrogen-bond acceptors (Lipinski definition) is 4. The van der Waals surface area contributed by atoms with Crippen molar-refractivity contribution in [3.63, 3.8) is 0 Å². The van der Waals surface area contributed by atoms with Gasteiger partial charge in [-0.2, -0.15) is 11.8 Å². The highest BCUT2D eigenvalue weighted by atomic mass is 32.2. The van der Waals surface area contributed by atoms with E-state index in [0.717, 1.165) is 31.2 Å². The maximum atomic E-state index is 11.8. The molecule has 1 amide bonds. The van der Waals surface area contributed by atoms with E-state index in [2.05, 4.69) is 5.32 Å². The molecule has 2 rings (SSSR count).